The highest BCUT2D eigenvalue weighted by Gasteiger charge is 2.16. The van der Waals surface area contributed by atoms with Gasteiger partial charge in [-0.25, -0.2) is 0 Å². The third-order valence-electron chi connectivity index (χ3n) is 3.65. The molecule has 5 nitrogen and oxygen atoms in total. The van der Waals surface area contributed by atoms with Crippen molar-refractivity contribution in [3.05, 3.63) is 29.8 Å². The van der Waals surface area contributed by atoms with Gasteiger partial charge in [0, 0.05) is 39.1 Å². The van der Waals surface area contributed by atoms with Crippen molar-refractivity contribution in [3.8, 4) is 5.75 Å². The van der Waals surface area contributed by atoms with E-state index in [1.54, 1.807) is 12.1 Å². The molecule has 118 valence electrons. The molecule has 2 rings (SSSR count). The summed E-state index contributed by atoms with van der Waals surface area (Å²) < 4.78 is 0. The number of hydrogen-bond donors (Lipinski definition) is 2. The number of aliphatic carboxylic acids is 1. The van der Waals surface area contributed by atoms with Gasteiger partial charge in [-0.1, -0.05) is 12.1 Å². The summed E-state index contributed by atoms with van der Waals surface area (Å²) in [6.45, 7) is 5.67. The number of phenols is 1. The summed E-state index contributed by atoms with van der Waals surface area (Å²) in [5.74, 6) is -0.401. The minimum absolute atomic E-state index is 0. The van der Waals surface area contributed by atoms with Crippen LogP contribution in [0.5, 0.6) is 5.75 Å². The first kappa shape index (κ1) is 17.8. The molecule has 0 aromatic heterocycles. The third-order valence-corrected chi connectivity index (χ3v) is 3.65. The maximum absolute atomic E-state index is 10.5. The topological polar surface area (TPSA) is 64.0 Å². The zero-order valence-electron chi connectivity index (χ0n) is 12.1. The van der Waals surface area contributed by atoms with Crippen molar-refractivity contribution in [1.29, 1.82) is 0 Å². The summed E-state index contributed by atoms with van der Waals surface area (Å²) in [4.78, 5) is 15.2. The smallest absolute Gasteiger partial charge is 0.303 e. The molecule has 0 spiro atoms. The lowest BCUT2D eigenvalue weighted by atomic mass is 10.2. The molecule has 0 atom stereocenters. The second-order valence-electron chi connectivity index (χ2n) is 5.28. The Hall–Kier alpha value is -1.30. The Morgan fingerprint density at radius 3 is 2.43 bits per heavy atom. The van der Waals surface area contributed by atoms with Gasteiger partial charge in [0.15, 0.2) is 0 Å². The summed E-state index contributed by atoms with van der Waals surface area (Å²) >= 11 is 0. The Labute approximate surface area is 131 Å². The molecule has 1 heterocycles. The third kappa shape index (κ3) is 6.33. The van der Waals surface area contributed by atoms with Crippen LogP contribution in [0.2, 0.25) is 0 Å². The van der Waals surface area contributed by atoms with Crippen LogP contribution in [0.1, 0.15) is 18.4 Å². The summed E-state index contributed by atoms with van der Waals surface area (Å²) in [7, 11) is 0. The molecule has 1 aliphatic heterocycles. The normalized spacial score (nSPS) is 16.4. The van der Waals surface area contributed by atoms with Crippen LogP contribution in [-0.2, 0) is 11.3 Å². The van der Waals surface area contributed by atoms with Crippen molar-refractivity contribution >= 4 is 18.4 Å². The summed E-state index contributed by atoms with van der Waals surface area (Å²) in [6.07, 6.45) is 0.978. The SMILES string of the molecule is Cl.O=C(O)CCCN1CCN(Cc2cccc(O)c2)CC1. The van der Waals surface area contributed by atoms with E-state index in [-0.39, 0.29) is 18.8 Å². The molecule has 1 saturated heterocycles. The second-order valence-corrected chi connectivity index (χ2v) is 5.28. The molecule has 0 bridgehead atoms. The van der Waals surface area contributed by atoms with Gasteiger partial charge in [0.2, 0.25) is 0 Å². The molecular weight excluding hydrogens is 292 g/mol. The quantitative estimate of drug-likeness (QED) is 0.838. The van der Waals surface area contributed by atoms with Crippen molar-refractivity contribution in [2.45, 2.75) is 19.4 Å². The first-order valence-electron chi connectivity index (χ1n) is 7.08. The van der Waals surface area contributed by atoms with Crippen LogP contribution in [0.25, 0.3) is 0 Å². The highest BCUT2D eigenvalue weighted by atomic mass is 35.5. The fourth-order valence-corrected chi connectivity index (χ4v) is 2.54. The molecule has 1 fully saturated rings. The molecule has 2 N–H and O–H groups in total. The largest absolute Gasteiger partial charge is 0.508 e. The average Bonchev–Trinajstić information content (AvgIpc) is 2.40. The number of halogens is 1. The Balaban J connectivity index is 0.00000220. The van der Waals surface area contributed by atoms with E-state index in [0.29, 0.717) is 5.75 Å². The number of rotatable bonds is 6. The fraction of sp³-hybridized carbons (Fsp3) is 0.533. The molecule has 21 heavy (non-hydrogen) atoms. The number of carboxylic acid groups (broad SMARTS) is 1. The summed E-state index contributed by atoms with van der Waals surface area (Å²) in [5.41, 5.74) is 1.13. The Kier molecular flexibility index (Phi) is 7.50. The minimum atomic E-state index is -0.715. The molecule has 1 aliphatic rings. The molecule has 0 unspecified atom stereocenters. The van der Waals surface area contributed by atoms with Crippen molar-refractivity contribution in [2.24, 2.45) is 0 Å². The van der Waals surface area contributed by atoms with Gasteiger partial charge in [0.05, 0.1) is 0 Å². The maximum atomic E-state index is 10.5. The molecule has 0 amide bonds. The Bertz CT molecular complexity index is 448. The number of carbonyl (C=O) groups is 1. The van der Waals surface area contributed by atoms with E-state index >= 15 is 0 Å². The van der Waals surface area contributed by atoms with E-state index in [4.69, 9.17) is 5.11 Å². The summed E-state index contributed by atoms with van der Waals surface area (Å²) in [6, 6.07) is 7.38. The van der Waals surface area contributed by atoms with Crippen LogP contribution < -0.4 is 0 Å². The van der Waals surface area contributed by atoms with E-state index in [9.17, 15) is 9.90 Å². The monoisotopic (exact) mass is 314 g/mol. The lowest BCUT2D eigenvalue weighted by Crippen LogP contribution is -2.46. The maximum Gasteiger partial charge on any atom is 0.303 e. The van der Waals surface area contributed by atoms with Crippen LogP contribution in [-0.4, -0.2) is 58.7 Å². The van der Waals surface area contributed by atoms with E-state index in [1.807, 2.05) is 12.1 Å². The van der Waals surface area contributed by atoms with E-state index in [0.717, 1.165) is 51.3 Å². The molecule has 0 aliphatic carbocycles. The number of aromatic hydroxyl groups is 1. The van der Waals surface area contributed by atoms with Crippen LogP contribution in [0.15, 0.2) is 24.3 Å². The number of benzene rings is 1. The van der Waals surface area contributed by atoms with Gasteiger partial charge in [-0.3, -0.25) is 9.69 Å². The fourth-order valence-electron chi connectivity index (χ4n) is 2.54. The van der Waals surface area contributed by atoms with Gasteiger partial charge in [-0.2, -0.15) is 0 Å². The lowest BCUT2D eigenvalue weighted by Gasteiger charge is -2.34. The second kappa shape index (κ2) is 8.87. The lowest BCUT2D eigenvalue weighted by molar-refractivity contribution is -0.137. The van der Waals surface area contributed by atoms with E-state index in [1.165, 1.54) is 0 Å². The van der Waals surface area contributed by atoms with Gasteiger partial charge in [-0.05, 0) is 30.7 Å². The highest BCUT2D eigenvalue weighted by molar-refractivity contribution is 5.85. The molecular formula is C15H23ClN2O3. The minimum Gasteiger partial charge on any atom is -0.508 e. The van der Waals surface area contributed by atoms with Gasteiger partial charge in [0.1, 0.15) is 5.75 Å². The average molecular weight is 315 g/mol. The van der Waals surface area contributed by atoms with E-state index in [2.05, 4.69) is 9.80 Å². The predicted molar refractivity (Wildman–Crippen MR) is 83.9 cm³/mol. The Morgan fingerprint density at radius 2 is 1.81 bits per heavy atom. The molecule has 6 heteroatoms. The number of nitrogens with zero attached hydrogens (tertiary/aromatic N) is 2. The summed E-state index contributed by atoms with van der Waals surface area (Å²) in [5, 5.41) is 18.1. The van der Waals surface area contributed by atoms with Gasteiger partial charge in [-0.15, -0.1) is 12.4 Å². The Morgan fingerprint density at radius 1 is 1.14 bits per heavy atom. The van der Waals surface area contributed by atoms with Crippen molar-refractivity contribution in [1.82, 2.24) is 9.80 Å². The molecule has 0 radical (unpaired) electrons. The van der Waals surface area contributed by atoms with Gasteiger partial charge in [0.25, 0.3) is 0 Å². The van der Waals surface area contributed by atoms with Crippen molar-refractivity contribution in [2.75, 3.05) is 32.7 Å². The zero-order valence-corrected chi connectivity index (χ0v) is 12.9. The number of hydrogen-bond acceptors (Lipinski definition) is 4. The zero-order chi connectivity index (χ0) is 14.4. The first-order valence-corrected chi connectivity index (χ1v) is 7.08. The van der Waals surface area contributed by atoms with Crippen LogP contribution in [0.4, 0.5) is 0 Å². The van der Waals surface area contributed by atoms with E-state index < -0.39 is 5.97 Å². The predicted octanol–water partition coefficient (Wildman–Crippen LogP) is 1.80. The highest BCUT2D eigenvalue weighted by Crippen LogP contribution is 2.14. The van der Waals surface area contributed by atoms with Crippen LogP contribution in [0, 0.1) is 0 Å². The van der Waals surface area contributed by atoms with Crippen molar-refractivity contribution < 1.29 is 15.0 Å². The van der Waals surface area contributed by atoms with Gasteiger partial charge < -0.3 is 15.1 Å². The number of phenolic OH excluding ortho intramolecular Hbond substituents is 1. The van der Waals surface area contributed by atoms with Crippen LogP contribution in [0.3, 0.4) is 0 Å². The van der Waals surface area contributed by atoms with Crippen LogP contribution >= 0.6 is 12.4 Å². The standard InChI is InChI=1S/C15H22N2O3.ClH/c18-14-4-1-3-13(11-14)12-17-9-7-16(8-10-17)6-2-5-15(19)20;/h1,3-4,11,18H,2,5-10,12H2,(H,19,20);1H. The molecule has 1 aromatic rings. The molecule has 0 saturated carbocycles. The number of piperazine rings is 1. The number of carboxylic acids is 1. The molecule has 1 aromatic carbocycles. The van der Waals surface area contributed by atoms with Crippen molar-refractivity contribution in [3.63, 3.8) is 0 Å². The first-order chi connectivity index (χ1) is 9.63. The van der Waals surface area contributed by atoms with Gasteiger partial charge >= 0.3 is 5.97 Å².